The van der Waals surface area contributed by atoms with Gasteiger partial charge in [-0.2, -0.15) is 0 Å². The lowest BCUT2D eigenvalue weighted by molar-refractivity contribution is 0.0702. The number of rotatable bonds is 8. The molecule has 0 saturated heterocycles. The molecule has 2 amide bonds. The fraction of sp³-hybridized carbons (Fsp3) is 0.760. The van der Waals surface area contributed by atoms with Crippen LogP contribution in [-0.2, 0) is 0 Å². The average Bonchev–Trinajstić information content (AvgIpc) is 3.53. The summed E-state index contributed by atoms with van der Waals surface area (Å²) in [4.78, 5) is 23.1. The maximum atomic E-state index is 11.5. The predicted molar refractivity (Wildman–Crippen MR) is 121 cm³/mol. The first kappa shape index (κ1) is 23.1. The SMILES string of the molecule is O=C(O)NC(CC1C2CC/C=C/CCC21)C(O)C(CC1C2CC/C=C/CCC21)NC(=O)O. The lowest BCUT2D eigenvalue weighted by Crippen LogP contribution is -2.54. The van der Waals surface area contributed by atoms with Crippen LogP contribution in [0, 0.1) is 35.5 Å². The minimum Gasteiger partial charge on any atom is -0.465 e. The Bertz CT molecular complexity index is 646. The fourth-order valence-corrected chi connectivity index (χ4v) is 6.84. The molecular formula is C25H38N2O5. The third-order valence-electron chi connectivity index (χ3n) is 8.51. The smallest absolute Gasteiger partial charge is 0.404 e. The van der Waals surface area contributed by atoms with Crippen LogP contribution in [0.3, 0.4) is 0 Å². The first-order chi connectivity index (χ1) is 15.5. The monoisotopic (exact) mass is 446 g/mol. The van der Waals surface area contributed by atoms with E-state index in [9.17, 15) is 24.9 Å². The molecule has 0 heterocycles. The van der Waals surface area contributed by atoms with E-state index in [-0.39, 0.29) is 0 Å². The van der Waals surface area contributed by atoms with E-state index in [1.807, 2.05) is 0 Å². The second-order valence-corrected chi connectivity index (χ2v) is 10.3. The molecule has 0 radical (unpaired) electrons. The molecule has 0 bridgehead atoms. The van der Waals surface area contributed by atoms with Gasteiger partial charge in [0.2, 0.25) is 0 Å². The maximum absolute atomic E-state index is 11.5. The Morgan fingerprint density at radius 3 is 1.28 bits per heavy atom. The van der Waals surface area contributed by atoms with Crippen LogP contribution in [0.15, 0.2) is 24.3 Å². The molecular weight excluding hydrogens is 408 g/mol. The van der Waals surface area contributed by atoms with Crippen molar-refractivity contribution in [2.45, 2.75) is 82.4 Å². The van der Waals surface area contributed by atoms with Gasteiger partial charge in [0.25, 0.3) is 0 Å². The predicted octanol–water partition coefficient (Wildman–Crippen LogP) is 4.38. The van der Waals surface area contributed by atoms with Crippen molar-refractivity contribution < 1.29 is 24.9 Å². The summed E-state index contributed by atoms with van der Waals surface area (Å²) >= 11 is 0. The Balaban J connectivity index is 1.41. The highest BCUT2D eigenvalue weighted by molar-refractivity contribution is 5.66. The summed E-state index contributed by atoms with van der Waals surface area (Å²) in [5.74, 6) is 3.14. The summed E-state index contributed by atoms with van der Waals surface area (Å²) in [5.41, 5.74) is 0. The topological polar surface area (TPSA) is 119 Å². The van der Waals surface area contributed by atoms with Crippen LogP contribution < -0.4 is 10.6 Å². The van der Waals surface area contributed by atoms with Gasteiger partial charge in [0, 0.05) is 0 Å². The molecule has 4 aliphatic carbocycles. The van der Waals surface area contributed by atoms with Crippen molar-refractivity contribution in [3.8, 4) is 0 Å². The van der Waals surface area contributed by atoms with E-state index >= 15 is 0 Å². The van der Waals surface area contributed by atoms with Gasteiger partial charge in [-0.05, 0) is 99.7 Å². The van der Waals surface area contributed by atoms with Crippen molar-refractivity contribution in [1.29, 1.82) is 0 Å². The molecule has 5 N–H and O–H groups in total. The molecule has 4 rings (SSSR count). The van der Waals surface area contributed by atoms with Crippen LogP contribution in [0.5, 0.6) is 0 Å². The Kier molecular flexibility index (Phi) is 7.44. The molecule has 6 unspecified atom stereocenters. The maximum Gasteiger partial charge on any atom is 0.404 e. The second-order valence-electron chi connectivity index (χ2n) is 10.3. The van der Waals surface area contributed by atoms with E-state index in [2.05, 4.69) is 34.9 Å². The van der Waals surface area contributed by atoms with E-state index in [4.69, 9.17) is 0 Å². The van der Waals surface area contributed by atoms with E-state index in [0.29, 0.717) is 48.3 Å². The van der Waals surface area contributed by atoms with Crippen LogP contribution in [0.1, 0.15) is 64.2 Å². The van der Waals surface area contributed by atoms with Crippen LogP contribution in [0.4, 0.5) is 9.59 Å². The number of fused-ring (bicyclic) bond motifs is 2. The summed E-state index contributed by atoms with van der Waals surface area (Å²) in [5, 5.41) is 35.1. The van der Waals surface area contributed by atoms with Gasteiger partial charge in [-0.25, -0.2) is 9.59 Å². The highest BCUT2D eigenvalue weighted by Crippen LogP contribution is 2.56. The van der Waals surface area contributed by atoms with Crippen molar-refractivity contribution in [1.82, 2.24) is 10.6 Å². The first-order valence-electron chi connectivity index (χ1n) is 12.4. The van der Waals surface area contributed by atoms with Gasteiger partial charge in [0.15, 0.2) is 0 Å². The van der Waals surface area contributed by atoms with Crippen molar-refractivity contribution in [3.05, 3.63) is 24.3 Å². The van der Waals surface area contributed by atoms with Gasteiger partial charge >= 0.3 is 12.2 Å². The third-order valence-corrected chi connectivity index (χ3v) is 8.51. The number of nitrogens with one attached hydrogen (secondary N) is 2. The number of aliphatic hydroxyl groups excluding tert-OH is 1. The standard InChI is InChI=1S/C25H38N2O5/c28-23(21(26-24(29)30)13-19-15-9-5-1-2-6-10-16(15)19)22(27-25(31)32)14-20-17-11-7-3-4-8-12-18(17)20/h1-4,15-23,26-28H,5-14H2,(H,29,30)(H,31,32)/b2-1+,4-3+. The number of hydrogen-bond donors (Lipinski definition) is 5. The summed E-state index contributed by atoms with van der Waals surface area (Å²) < 4.78 is 0. The fourth-order valence-electron chi connectivity index (χ4n) is 6.84. The minimum atomic E-state index is -1.16. The molecule has 2 fully saturated rings. The largest absolute Gasteiger partial charge is 0.465 e. The molecule has 178 valence electrons. The first-order valence-corrected chi connectivity index (χ1v) is 12.4. The van der Waals surface area contributed by atoms with Crippen molar-refractivity contribution in [2.24, 2.45) is 35.5 Å². The number of carboxylic acid groups (broad SMARTS) is 2. The summed E-state index contributed by atoms with van der Waals surface area (Å²) in [7, 11) is 0. The zero-order valence-electron chi connectivity index (χ0n) is 18.7. The number of hydrogen-bond acceptors (Lipinski definition) is 3. The highest BCUT2D eigenvalue weighted by atomic mass is 16.4. The zero-order chi connectivity index (χ0) is 22.7. The summed E-state index contributed by atoms with van der Waals surface area (Å²) in [6.45, 7) is 0. The molecule has 0 spiro atoms. The minimum absolute atomic E-state index is 0.397. The highest BCUT2D eigenvalue weighted by Gasteiger charge is 2.52. The van der Waals surface area contributed by atoms with Crippen molar-refractivity contribution >= 4 is 12.2 Å². The van der Waals surface area contributed by atoms with Crippen molar-refractivity contribution in [2.75, 3.05) is 0 Å². The molecule has 0 aromatic carbocycles. The Morgan fingerprint density at radius 2 is 1.00 bits per heavy atom. The number of allylic oxidation sites excluding steroid dienone is 4. The van der Waals surface area contributed by atoms with Gasteiger partial charge in [0.1, 0.15) is 0 Å². The van der Waals surface area contributed by atoms with Crippen LogP contribution in [0.25, 0.3) is 0 Å². The molecule has 0 aromatic heterocycles. The third kappa shape index (κ3) is 5.66. The summed E-state index contributed by atoms with van der Waals surface area (Å²) in [6.07, 6.45) is 15.3. The molecule has 0 aromatic rings. The molecule has 7 heteroatoms. The molecule has 4 aliphatic rings. The number of amides is 2. The molecule has 7 nitrogen and oxygen atoms in total. The van der Waals surface area contributed by atoms with Gasteiger partial charge in [-0.1, -0.05) is 24.3 Å². The lowest BCUT2D eigenvalue weighted by Gasteiger charge is -2.30. The zero-order valence-corrected chi connectivity index (χ0v) is 18.7. The second kappa shape index (κ2) is 10.3. The average molecular weight is 447 g/mol. The van der Waals surface area contributed by atoms with E-state index in [1.165, 1.54) is 0 Å². The van der Waals surface area contributed by atoms with Gasteiger partial charge < -0.3 is 26.0 Å². The van der Waals surface area contributed by atoms with E-state index in [1.54, 1.807) is 0 Å². The van der Waals surface area contributed by atoms with E-state index in [0.717, 1.165) is 51.4 Å². The molecule has 32 heavy (non-hydrogen) atoms. The Hall–Kier alpha value is -2.02. The van der Waals surface area contributed by atoms with E-state index < -0.39 is 30.4 Å². The quantitative estimate of drug-likeness (QED) is 0.355. The normalized spacial score (nSPS) is 38.0. The molecule has 0 aliphatic heterocycles. The van der Waals surface area contributed by atoms with Gasteiger partial charge in [0.05, 0.1) is 18.2 Å². The number of carbonyl (C=O) groups is 2. The lowest BCUT2D eigenvalue weighted by atomic mass is 9.92. The van der Waals surface area contributed by atoms with Gasteiger partial charge in [-0.15, -0.1) is 0 Å². The molecule has 6 atom stereocenters. The Morgan fingerprint density at radius 1 is 0.688 bits per heavy atom. The van der Waals surface area contributed by atoms with Crippen LogP contribution >= 0.6 is 0 Å². The van der Waals surface area contributed by atoms with Crippen LogP contribution in [-0.4, -0.2) is 45.7 Å². The van der Waals surface area contributed by atoms with Gasteiger partial charge in [-0.3, -0.25) is 0 Å². The summed E-state index contributed by atoms with van der Waals surface area (Å²) in [6, 6.07) is -1.33. The van der Waals surface area contributed by atoms with Crippen LogP contribution in [0.2, 0.25) is 0 Å². The van der Waals surface area contributed by atoms with Crippen molar-refractivity contribution in [3.63, 3.8) is 0 Å². The number of aliphatic hydroxyl groups is 1. The Labute approximate surface area is 190 Å². The molecule has 2 saturated carbocycles.